The van der Waals surface area contributed by atoms with Crippen molar-refractivity contribution in [2.24, 2.45) is 0 Å². The Balaban J connectivity index is 1.91. The summed E-state index contributed by atoms with van der Waals surface area (Å²) >= 11 is 0. The van der Waals surface area contributed by atoms with Gasteiger partial charge in [0, 0.05) is 33.1 Å². The van der Waals surface area contributed by atoms with E-state index in [4.69, 9.17) is 4.74 Å². The molecule has 0 aromatic carbocycles. The average Bonchev–Trinajstić information content (AvgIpc) is 2.58. The first kappa shape index (κ1) is 20.4. The zero-order valence-corrected chi connectivity index (χ0v) is 14.9. The third-order valence-corrected chi connectivity index (χ3v) is 5.73. The van der Waals surface area contributed by atoms with Crippen LogP contribution in [0.3, 0.4) is 0 Å². The minimum atomic E-state index is -4.52. The maximum Gasteiger partial charge on any atom is 0.418 e. The maximum absolute atomic E-state index is 12.7. The summed E-state index contributed by atoms with van der Waals surface area (Å²) in [6.07, 6.45) is -3.69. The summed E-state index contributed by atoms with van der Waals surface area (Å²) in [7, 11) is -3.52. The number of sulfonamides is 1. The number of anilines is 1. The molecule has 1 aliphatic rings. The molecule has 0 radical (unpaired) electrons. The third-order valence-electron chi connectivity index (χ3n) is 3.78. The highest BCUT2D eigenvalue weighted by molar-refractivity contribution is 7.89. The van der Waals surface area contributed by atoms with Crippen LogP contribution in [0.1, 0.15) is 18.9 Å². The van der Waals surface area contributed by atoms with Crippen LogP contribution < -0.4 is 4.90 Å². The van der Waals surface area contributed by atoms with E-state index >= 15 is 0 Å². The Bertz CT molecular complexity index is 734. The van der Waals surface area contributed by atoms with Crippen LogP contribution in [0.5, 0.6) is 0 Å². The van der Waals surface area contributed by atoms with Crippen LogP contribution in [0.15, 0.2) is 12.3 Å². The molecule has 0 saturated carbocycles. The van der Waals surface area contributed by atoms with Crippen molar-refractivity contribution >= 4 is 21.8 Å². The van der Waals surface area contributed by atoms with Crippen LogP contribution in [0, 0.1) is 0 Å². The first-order valence-corrected chi connectivity index (χ1v) is 9.46. The standard InChI is InChI=1S/C14H19F3N4O4S/c1-11(22)25-7-2-8-26(23,24)21-5-3-20(4-6-21)13-9-12(10-18-19-13)14(15,16)17/h9-10H,2-8H2,1H3. The molecule has 0 N–H and O–H groups in total. The number of aromatic nitrogens is 2. The van der Waals surface area contributed by atoms with Crippen molar-refractivity contribution in [2.45, 2.75) is 19.5 Å². The smallest absolute Gasteiger partial charge is 0.418 e. The molecule has 0 amide bonds. The van der Waals surface area contributed by atoms with Crippen molar-refractivity contribution in [1.29, 1.82) is 0 Å². The van der Waals surface area contributed by atoms with E-state index in [1.54, 1.807) is 4.90 Å². The van der Waals surface area contributed by atoms with Crippen LogP contribution in [-0.4, -0.2) is 67.4 Å². The molecule has 26 heavy (non-hydrogen) atoms. The molecule has 2 rings (SSSR count). The summed E-state index contributed by atoms with van der Waals surface area (Å²) in [6.45, 7) is 1.94. The molecule has 0 aliphatic carbocycles. The topological polar surface area (TPSA) is 92.7 Å². The number of halogens is 3. The Morgan fingerprint density at radius 1 is 1.27 bits per heavy atom. The van der Waals surface area contributed by atoms with E-state index in [2.05, 4.69) is 10.2 Å². The quantitative estimate of drug-likeness (QED) is 0.521. The van der Waals surface area contributed by atoms with Crippen molar-refractivity contribution < 1.29 is 31.1 Å². The van der Waals surface area contributed by atoms with Crippen molar-refractivity contribution in [1.82, 2.24) is 14.5 Å². The van der Waals surface area contributed by atoms with Crippen molar-refractivity contribution in [3.63, 3.8) is 0 Å². The summed E-state index contributed by atoms with van der Waals surface area (Å²) < 4.78 is 68.7. The number of esters is 1. The van der Waals surface area contributed by atoms with Crippen molar-refractivity contribution in [3.8, 4) is 0 Å². The second kappa shape index (κ2) is 8.16. The predicted octanol–water partition coefficient (Wildman–Crippen LogP) is 0.900. The number of carbonyl (C=O) groups is 1. The predicted molar refractivity (Wildman–Crippen MR) is 85.9 cm³/mol. The zero-order chi connectivity index (χ0) is 19.4. The molecule has 8 nitrogen and oxygen atoms in total. The van der Waals surface area contributed by atoms with Crippen molar-refractivity contribution in [3.05, 3.63) is 17.8 Å². The lowest BCUT2D eigenvalue weighted by atomic mass is 10.2. The van der Waals surface area contributed by atoms with Crippen LogP contribution in [0.2, 0.25) is 0 Å². The number of piperazine rings is 1. The molecule has 0 spiro atoms. The highest BCUT2D eigenvalue weighted by Gasteiger charge is 2.33. The summed E-state index contributed by atoms with van der Waals surface area (Å²) in [5.74, 6) is -0.575. The molecular weight excluding hydrogens is 377 g/mol. The van der Waals surface area contributed by atoms with Crippen LogP contribution in [0.4, 0.5) is 19.0 Å². The molecular formula is C14H19F3N4O4S. The molecule has 1 aromatic rings. The Hall–Kier alpha value is -1.95. The first-order valence-electron chi connectivity index (χ1n) is 7.85. The highest BCUT2D eigenvalue weighted by atomic mass is 32.2. The monoisotopic (exact) mass is 396 g/mol. The van der Waals surface area contributed by atoms with Gasteiger partial charge in [0.15, 0.2) is 5.82 Å². The second-order valence-corrected chi connectivity index (χ2v) is 7.78. The Labute approximate surface area is 149 Å². The summed E-state index contributed by atoms with van der Waals surface area (Å²) in [5.41, 5.74) is -0.900. The van der Waals surface area contributed by atoms with Crippen molar-refractivity contribution in [2.75, 3.05) is 43.4 Å². The zero-order valence-electron chi connectivity index (χ0n) is 14.1. The molecule has 12 heteroatoms. The summed E-state index contributed by atoms with van der Waals surface area (Å²) in [6, 6.07) is 0.899. The normalized spacial score (nSPS) is 16.5. The fourth-order valence-corrected chi connectivity index (χ4v) is 3.91. The van der Waals surface area contributed by atoms with E-state index in [-0.39, 0.29) is 50.8 Å². The van der Waals surface area contributed by atoms with E-state index in [0.717, 1.165) is 6.07 Å². The fourth-order valence-electron chi connectivity index (χ4n) is 2.45. The Morgan fingerprint density at radius 3 is 2.50 bits per heavy atom. The molecule has 1 fully saturated rings. The number of rotatable bonds is 6. The summed E-state index contributed by atoms with van der Waals surface area (Å²) in [5, 5.41) is 7.07. The number of hydrogen-bond donors (Lipinski definition) is 0. The summed E-state index contributed by atoms with van der Waals surface area (Å²) in [4.78, 5) is 12.2. The average molecular weight is 396 g/mol. The molecule has 0 bridgehead atoms. The van der Waals surface area contributed by atoms with Gasteiger partial charge >= 0.3 is 12.1 Å². The van der Waals surface area contributed by atoms with Gasteiger partial charge in [-0.2, -0.15) is 22.6 Å². The van der Waals surface area contributed by atoms with Gasteiger partial charge in [-0.15, -0.1) is 5.10 Å². The lowest BCUT2D eigenvalue weighted by Crippen LogP contribution is -2.49. The van der Waals surface area contributed by atoms with Gasteiger partial charge in [-0.1, -0.05) is 0 Å². The second-order valence-electron chi connectivity index (χ2n) is 5.70. The third kappa shape index (κ3) is 5.53. The van der Waals surface area contributed by atoms with Gasteiger partial charge in [0.25, 0.3) is 0 Å². The van der Waals surface area contributed by atoms with Gasteiger partial charge in [-0.25, -0.2) is 8.42 Å². The molecule has 146 valence electrons. The van der Waals surface area contributed by atoms with Gasteiger partial charge < -0.3 is 9.64 Å². The number of carbonyl (C=O) groups excluding carboxylic acids is 1. The van der Waals surface area contributed by atoms with E-state index in [1.807, 2.05) is 0 Å². The van der Waals surface area contributed by atoms with Gasteiger partial charge in [0.05, 0.1) is 24.1 Å². The Kier molecular flexibility index (Phi) is 6.39. The van der Waals surface area contributed by atoms with Gasteiger partial charge in [-0.05, 0) is 12.5 Å². The minimum absolute atomic E-state index is 0.0222. The SMILES string of the molecule is CC(=O)OCCCS(=O)(=O)N1CCN(c2cc(C(F)(F)F)cnn2)CC1. The molecule has 0 atom stereocenters. The largest absolute Gasteiger partial charge is 0.466 e. The van der Waals surface area contributed by atoms with E-state index < -0.39 is 27.7 Å². The van der Waals surface area contributed by atoms with Gasteiger partial charge in [0.2, 0.25) is 10.0 Å². The van der Waals surface area contributed by atoms with E-state index in [9.17, 15) is 26.4 Å². The molecule has 1 aromatic heterocycles. The fraction of sp³-hybridized carbons (Fsp3) is 0.643. The lowest BCUT2D eigenvalue weighted by molar-refractivity contribution is -0.141. The number of hydrogen-bond acceptors (Lipinski definition) is 7. The van der Waals surface area contributed by atoms with Gasteiger partial charge in [0.1, 0.15) is 0 Å². The van der Waals surface area contributed by atoms with E-state index in [0.29, 0.717) is 6.20 Å². The lowest BCUT2D eigenvalue weighted by Gasteiger charge is -2.34. The number of nitrogens with zero attached hydrogens (tertiary/aromatic N) is 4. The van der Waals surface area contributed by atoms with Crippen LogP contribution in [-0.2, 0) is 25.7 Å². The molecule has 1 saturated heterocycles. The van der Waals surface area contributed by atoms with E-state index in [1.165, 1.54) is 11.2 Å². The van der Waals surface area contributed by atoms with Crippen LogP contribution >= 0.6 is 0 Å². The molecule has 0 unspecified atom stereocenters. The van der Waals surface area contributed by atoms with Gasteiger partial charge in [-0.3, -0.25) is 4.79 Å². The maximum atomic E-state index is 12.7. The number of ether oxygens (including phenoxy) is 1. The van der Waals surface area contributed by atoms with Crippen LogP contribution in [0.25, 0.3) is 0 Å². The Morgan fingerprint density at radius 2 is 1.92 bits per heavy atom. The first-order chi connectivity index (χ1) is 12.1. The highest BCUT2D eigenvalue weighted by Crippen LogP contribution is 2.30. The minimum Gasteiger partial charge on any atom is -0.466 e. The number of alkyl halides is 3. The molecule has 1 aliphatic heterocycles. The molecule has 2 heterocycles.